The van der Waals surface area contributed by atoms with Crippen LogP contribution in [-0.4, -0.2) is 6.61 Å². The number of ether oxygens (including phenoxy) is 1. The van der Waals surface area contributed by atoms with Crippen LogP contribution in [0, 0.1) is 17.6 Å². The lowest BCUT2D eigenvalue weighted by molar-refractivity contribution is 0.289. The van der Waals surface area contributed by atoms with Gasteiger partial charge in [0.1, 0.15) is 0 Å². The molecule has 28 heavy (non-hydrogen) atoms. The Bertz CT molecular complexity index is 787. The van der Waals surface area contributed by atoms with E-state index in [4.69, 9.17) is 4.74 Å². The van der Waals surface area contributed by atoms with Crippen molar-refractivity contribution in [3.05, 3.63) is 65.7 Å². The first kappa shape index (κ1) is 20.6. The predicted molar refractivity (Wildman–Crippen MR) is 112 cm³/mol. The van der Waals surface area contributed by atoms with E-state index in [0.29, 0.717) is 24.0 Å². The predicted octanol–water partition coefficient (Wildman–Crippen LogP) is 7.66. The molecule has 150 valence electrons. The van der Waals surface area contributed by atoms with E-state index in [1.807, 2.05) is 19.1 Å². The van der Waals surface area contributed by atoms with Crippen LogP contribution >= 0.6 is 0 Å². The molecule has 0 unspecified atom stereocenters. The molecule has 0 amide bonds. The van der Waals surface area contributed by atoms with Crippen molar-refractivity contribution >= 4 is 0 Å². The molecule has 1 nitrogen and oxygen atoms in total. The summed E-state index contributed by atoms with van der Waals surface area (Å²) >= 11 is 0. The van der Waals surface area contributed by atoms with Gasteiger partial charge < -0.3 is 4.74 Å². The molecule has 3 rings (SSSR count). The van der Waals surface area contributed by atoms with E-state index in [9.17, 15) is 8.78 Å². The highest BCUT2D eigenvalue weighted by Gasteiger charge is 2.21. The molecule has 3 heteroatoms. The molecule has 1 aliphatic rings. The molecule has 1 saturated carbocycles. The molecule has 0 N–H and O–H groups in total. The molecule has 1 fully saturated rings. The molecular weight excluding hydrogens is 354 g/mol. The van der Waals surface area contributed by atoms with Crippen LogP contribution < -0.4 is 4.74 Å². The summed E-state index contributed by atoms with van der Waals surface area (Å²) in [6.45, 7) is 4.51. The average molecular weight is 385 g/mol. The molecule has 2 aromatic rings. The van der Waals surface area contributed by atoms with Crippen LogP contribution in [0.2, 0.25) is 0 Å². The van der Waals surface area contributed by atoms with Crippen LogP contribution in [-0.2, 0) is 0 Å². The normalized spacial score (nSPS) is 19.9. The quantitative estimate of drug-likeness (QED) is 0.352. The topological polar surface area (TPSA) is 9.23 Å². The summed E-state index contributed by atoms with van der Waals surface area (Å²) in [5, 5.41) is 0. The maximum atomic E-state index is 14.6. The van der Waals surface area contributed by atoms with Crippen molar-refractivity contribution < 1.29 is 13.5 Å². The first-order valence-electron chi connectivity index (χ1n) is 10.5. The third-order valence-electron chi connectivity index (χ3n) is 5.73. The smallest absolute Gasteiger partial charge is 0.201 e. The summed E-state index contributed by atoms with van der Waals surface area (Å²) in [7, 11) is 0. The second kappa shape index (κ2) is 9.86. The zero-order chi connectivity index (χ0) is 19.9. The Hall–Kier alpha value is -2.16. The summed E-state index contributed by atoms with van der Waals surface area (Å²) in [5.74, 6) is -0.486. The minimum absolute atomic E-state index is 0.00999. The summed E-state index contributed by atoms with van der Waals surface area (Å²) < 4.78 is 34.3. The first-order valence-corrected chi connectivity index (χ1v) is 10.5. The van der Waals surface area contributed by atoms with Crippen LogP contribution in [0.25, 0.3) is 11.1 Å². The van der Waals surface area contributed by atoms with Crippen molar-refractivity contribution in [2.24, 2.45) is 5.92 Å². The standard InChI is InChI=1S/C25H30F2O/c1-3-5-17-28-23-16-15-22(24(26)25(23)27)21-13-11-20(12-14-21)19-9-7-18(6-4-2)8-10-19/h4,6,11-16,18-19H,3,5,7-10,17H2,1-2H3. The number of halogens is 2. The van der Waals surface area contributed by atoms with Crippen LogP contribution in [0.3, 0.4) is 0 Å². The number of hydrogen-bond donors (Lipinski definition) is 0. The van der Waals surface area contributed by atoms with Gasteiger partial charge >= 0.3 is 0 Å². The zero-order valence-electron chi connectivity index (χ0n) is 16.9. The van der Waals surface area contributed by atoms with Crippen LogP contribution in [0.4, 0.5) is 8.78 Å². The van der Waals surface area contributed by atoms with Gasteiger partial charge in [-0.05, 0) is 74.1 Å². The fraction of sp³-hybridized carbons (Fsp3) is 0.440. The van der Waals surface area contributed by atoms with Crippen molar-refractivity contribution in [3.63, 3.8) is 0 Å². The summed E-state index contributed by atoms with van der Waals surface area (Å²) in [6.07, 6.45) is 11.0. The van der Waals surface area contributed by atoms with Gasteiger partial charge in [0.05, 0.1) is 6.61 Å². The summed E-state index contributed by atoms with van der Waals surface area (Å²) in [6, 6.07) is 11.1. The Balaban J connectivity index is 1.70. The van der Waals surface area contributed by atoms with E-state index in [-0.39, 0.29) is 11.3 Å². The Morgan fingerprint density at radius 2 is 1.68 bits per heavy atom. The maximum absolute atomic E-state index is 14.6. The molecular formula is C25H30F2O. The SMILES string of the molecule is CC=CC1CCC(c2ccc(-c3ccc(OCCCC)c(F)c3F)cc2)CC1. The van der Waals surface area contributed by atoms with Crippen molar-refractivity contribution in [2.45, 2.75) is 58.3 Å². The fourth-order valence-electron chi connectivity index (χ4n) is 4.04. The molecule has 0 spiro atoms. The van der Waals surface area contributed by atoms with Gasteiger partial charge in [-0.25, -0.2) is 4.39 Å². The van der Waals surface area contributed by atoms with Crippen LogP contribution in [0.15, 0.2) is 48.6 Å². The summed E-state index contributed by atoms with van der Waals surface area (Å²) in [4.78, 5) is 0. The van der Waals surface area contributed by atoms with Gasteiger partial charge in [0.25, 0.3) is 0 Å². The van der Waals surface area contributed by atoms with Gasteiger partial charge in [0.2, 0.25) is 5.82 Å². The maximum Gasteiger partial charge on any atom is 0.201 e. The highest BCUT2D eigenvalue weighted by Crippen LogP contribution is 2.37. The Morgan fingerprint density at radius 1 is 0.964 bits per heavy atom. The molecule has 1 aliphatic carbocycles. The Morgan fingerprint density at radius 3 is 2.32 bits per heavy atom. The Kier molecular flexibility index (Phi) is 7.24. The monoisotopic (exact) mass is 384 g/mol. The molecule has 0 heterocycles. The van der Waals surface area contributed by atoms with Gasteiger partial charge in [-0.15, -0.1) is 0 Å². The first-order chi connectivity index (χ1) is 13.6. The van der Waals surface area contributed by atoms with E-state index in [1.165, 1.54) is 37.3 Å². The van der Waals surface area contributed by atoms with Crippen molar-refractivity contribution in [1.29, 1.82) is 0 Å². The number of benzene rings is 2. The van der Waals surface area contributed by atoms with Crippen molar-refractivity contribution in [1.82, 2.24) is 0 Å². The van der Waals surface area contributed by atoms with Crippen LogP contribution in [0.1, 0.15) is 63.9 Å². The van der Waals surface area contributed by atoms with E-state index >= 15 is 0 Å². The van der Waals surface area contributed by atoms with E-state index < -0.39 is 11.6 Å². The Labute approximate surface area is 167 Å². The van der Waals surface area contributed by atoms with Gasteiger partial charge in [0, 0.05) is 5.56 Å². The number of unbranched alkanes of at least 4 members (excludes halogenated alkanes) is 1. The zero-order valence-corrected chi connectivity index (χ0v) is 16.9. The minimum atomic E-state index is -0.903. The third kappa shape index (κ3) is 4.81. The van der Waals surface area contributed by atoms with Crippen LogP contribution in [0.5, 0.6) is 5.75 Å². The second-order valence-corrected chi connectivity index (χ2v) is 7.70. The fourth-order valence-corrected chi connectivity index (χ4v) is 4.04. The molecule has 0 saturated heterocycles. The van der Waals surface area contributed by atoms with E-state index in [1.54, 1.807) is 6.07 Å². The second-order valence-electron chi connectivity index (χ2n) is 7.70. The number of allylic oxidation sites excluding steroid dienone is 2. The molecule has 0 bridgehead atoms. The highest BCUT2D eigenvalue weighted by atomic mass is 19.2. The van der Waals surface area contributed by atoms with E-state index in [2.05, 4.69) is 31.2 Å². The highest BCUT2D eigenvalue weighted by molar-refractivity contribution is 5.65. The molecule has 0 aliphatic heterocycles. The van der Waals surface area contributed by atoms with E-state index in [0.717, 1.165) is 12.8 Å². The third-order valence-corrected chi connectivity index (χ3v) is 5.73. The minimum Gasteiger partial charge on any atom is -0.490 e. The van der Waals surface area contributed by atoms with Gasteiger partial charge in [-0.2, -0.15) is 4.39 Å². The number of rotatable bonds is 7. The van der Waals surface area contributed by atoms with Gasteiger partial charge in [-0.1, -0.05) is 49.8 Å². The van der Waals surface area contributed by atoms with Crippen molar-refractivity contribution in [3.8, 4) is 16.9 Å². The molecule has 0 aromatic heterocycles. The lowest BCUT2D eigenvalue weighted by Gasteiger charge is -2.27. The largest absolute Gasteiger partial charge is 0.490 e. The number of hydrogen-bond acceptors (Lipinski definition) is 1. The molecule has 0 radical (unpaired) electrons. The average Bonchev–Trinajstić information content (AvgIpc) is 2.72. The molecule has 0 atom stereocenters. The molecule has 2 aromatic carbocycles. The summed E-state index contributed by atoms with van der Waals surface area (Å²) in [5.41, 5.74) is 2.27. The van der Waals surface area contributed by atoms with Gasteiger partial charge in [-0.3, -0.25) is 0 Å². The lowest BCUT2D eigenvalue weighted by atomic mass is 9.78. The van der Waals surface area contributed by atoms with Crippen molar-refractivity contribution in [2.75, 3.05) is 6.61 Å². The van der Waals surface area contributed by atoms with Gasteiger partial charge in [0.15, 0.2) is 11.6 Å². The lowest BCUT2D eigenvalue weighted by Crippen LogP contribution is -2.11.